The van der Waals surface area contributed by atoms with E-state index in [4.69, 9.17) is 9.94 Å². The normalized spacial score (nSPS) is 10.4. The number of benzene rings is 1. The minimum atomic E-state index is 0.436. The van der Waals surface area contributed by atoms with Crippen molar-refractivity contribution in [3.8, 4) is 11.4 Å². The first-order valence-corrected chi connectivity index (χ1v) is 5.57. The van der Waals surface area contributed by atoms with Gasteiger partial charge in [-0.15, -0.1) is 0 Å². The van der Waals surface area contributed by atoms with Crippen molar-refractivity contribution in [2.24, 2.45) is 0 Å². The summed E-state index contributed by atoms with van der Waals surface area (Å²) in [6.45, 7) is 2.34. The van der Waals surface area contributed by atoms with E-state index in [9.17, 15) is 0 Å². The van der Waals surface area contributed by atoms with Crippen LogP contribution in [-0.2, 0) is 11.3 Å². The highest BCUT2D eigenvalue weighted by molar-refractivity contribution is 5.72. The predicted molar refractivity (Wildman–Crippen MR) is 68.3 cm³/mol. The highest BCUT2D eigenvalue weighted by Crippen LogP contribution is 2.24. The van der Waals surface area contributed by atoms with E-state index in [2.05, 4.69) is 15.4 Å². The fraction of sp³-hybridized carbons (Fsp3) is 0.231. The Hall–Kier alpha value is -1.98. The Morgan fingerprint density at radius 2 is 2.06 bits per heavy atom. The first-order chi connectivity index (χ1) is 8.74. The molecule has 2 aromatic rings. The molecule has 0 unspecified atom stereocenters. The Balaban J connectivity index is 2.49. The maximum absolute atomic E-state index is 9.09. The molecule has 1 heterocycles. The van der Waals surface area contributed by atoms with Crippen LogP contribution in [0.5, 0.6) is 0 Å². The monoisotopic (exact) mass is 245 g/mol. The summed E-state index contributed by atoms with van der Waals surface area (Å²) in [5.74, 6) is 0.569. The number of methoxy groups -OCH3 is 1. The SMILES string of the molecule is COCc1cc(C)nc(-c2ccccc2NO)n1. The molecular formula is C13H15N3O2. The van der Waals surface area contributed by atoms with E-state index in [1.54, 1.807) is 13.2 Å². The number of aryl methyl sites for hydroxylation is 1. The molecule has 0 aliphatic heterocycles. The molecule has 1 aromatic heterocycles. The predicted octanol–water partition coefficient (Wildman–Crippen LogP) is 2.40. The van der Waals surface area contributed by atoms with E-state index in [0.717, 1.165) is 17.0 Å². The molecular weight excluding hydrogens is 230 g/mol. The van der Waals surface area contributed by atoms with Crippen LogP contribution in [0.4, 0.5) is 5.69 Å². The molecule has 0 saturated heterocycles. The standard InChI is InChI=1S/C13H15N3O2/c1-9-7-10(8-18-2)15-13(14-9)11-5-3-4-6-12(11)16-17/h3-7,16-17H,8H2,1-2H3. The number of ether oxygens (including phenoxy) is 1. The number of nitrogens with one attached hydrogen (secondary N) is 1. The minimum absolute atomic E-state index is 0.436. The summed E-state index contributed by atoms with van der Waals surface area (Å²) in [5.41, 5.74) is 5.15. The van der Waals surface area contributed by atoms with E-state index in [0.29, 0.717) is 18.1 Å². The van der Waals surface area contributed by atoms with Gasteiger partial charge in [0, 0.05) is 18.4 Å². The third-order valence-corrected chi connectivity index (χ3v) is 2.49. The fourth-order valence-electron chi connectivity index (χ4n) is 1.75. The Morgan fingerprint density at radius 3 is 2.78 bits per heavy atom. The van der Waals surface area contributed by atoms with Gasteiger partial charge in [0.15, 0.2) is 5.82 Å². The van der Waals surface area contributed by atoms with Gasteiger partial charge in [0.05, 0.1) is 18.0 Å². The van der Waals surface area contributed by atoms with Crippen molar-refractivity contribution in [2.45, 2.75) is 13.5 Å². The van der Waals surface area contributed by atoms with Crippen molar-refractivity contribution in [2.75, 3.05) is 12.6 Å². The number of hydrogen-bond donors (Lipinski definition) is 2. The largest absolute Gasteiger partial charge is 0.378 e. The lowest BCUT2D eigenvalue weighted by Gasteiger charge is -2.09. The maximum atomic E-state index is 9.09. The van der Waals surface area contributed by atoms with Gasteiger partial charge in [-0.3, -0.25) is 10.7 Å². The average molecular weight is 245 g/mol. The number of para-hydroxylation sites is 1. The lowest BCUT2D eigenvalue weighted by molar-refractivity contribution is 0.181. The van der Waals surface area contributed by atoms with Gasteiger partial charge in [-0.05, 0) is 25.1 Å². The zero-order valence-electron chi connectivity index (χ0n) is 10.3. The summed E-state index contributed by atoms with van der Waals surface area (Å²) in [6, 6.07) is 9.19. The zero-order valence-corrected chi connectivity index (χ0v) is 10.3. The second-order valence-corrected chi connectivity index (χ2v) is 3.91. The molecule has 0 amide bonds. The second kappa shape index (κ2) is 5.57. The van der Waals surface area contributed by atoms with E-state index < -0.39 is 0 Å². The topological polar surface area (TPSA) is 67.3 Å². The summed E-state index contributed by atoms with van der Waals surface area (Å²) >= 11 is 0. The lowest BCUT2D eigenvalue weighted by atomic mass is 10.1. The maximum Gasteiger partial charge on any atom is 0.161 e. The van der Waals surface area contributed by atoms with Crippen molar-refractivity contribution in [1.82, 2.24) is 9.97 Å². The van der Waals surface area contributed by atoms with Crippen LogP contribution in [0, 0.1) is 6.92 Å². The fourth-order valence-corrected chi connectivity index (χ4v) is 1.75. The van der Waals surface area contributed by atoms with Gasteiger partial charge in [-0.25, -0.2) is 9.97 Å². The molecule has 5 nitrogen and oxygen atoms in total. The Labute approximate surface area is 105 Å². The summed E-state index contributed by atoms with van der Waals surface area (Å²) in [7, 11) is 1.63. The van der Waals surface area contributed by atoms with Crippen LogP contribution in [0.25, 0.3) is 11.4 Å². The number of hydrogen-bond acceptors (Lipinski definition) is 5. The first-order valence-electron chi connectivity index (χ1n) is 5.57. The zero-order chi connectivity index (χ0) is 13.0. The van der Waals surface area contributed by atoms with Gasteiger partial charge in [0.2, 0.25) is 0 Å². The van der Waals surface area contributed by atoms with Crippen molar-refractivity contribution in [3.05, 3.63) is 41.7 Å². The quantitative estimate of drug-likeness (QED) is 0.809. The Morgan fingerprint density at radius 1 is 1.28 bits per heavy atom. The molecule has 0 atom stereocenters. The van der Waals surface area contributed by atoms with E-state index in [-0.39, 0.29) is 0 Å². The van der Waals surface area contributed by atoms with Gasteiger partial charge < -0.3 is 4.74 Å². The smallest absolute Gasteiger partial charge is 0.161 e. The molecule has 94 valence electrons. The highest BCUT2D eigenvalue weighted by atomic mass is 16.5. The van der Waals surface area contributed by atoms with Gasteiger partial charge in [0.25, 0.3) is 0 Å². The Bertz CT molecular complexity index is 544. The third kappa shape index (κ3) is 2.64. The number of aromatic nitrogens is 2. The summed E-state index contributed by atoms with van der Waals surface area (Å²) < 4.78 is 5.08. The van der Waals surface area contributed by atoms with Gasteiger partial charge >= 0.3 is 0 Å². The third-order valence-electron chi connectivity index (χ3n) is 2.49. The lowest BCUT2D eigenvalue weighted by Crippen LogP contribution is -2.01. The molecule has 0 radical (unpaired) electrons. The van der Waals surface area contributed by atoms with E-state index >= 15 is 0 Å². The molecule has 0 spiro atoms. The summed E-state index contributed by atoms with van der Waals surface area (Å²) in [6.07, 6.45) is 0. The number of rotatable bonds is 4. The summed E-state index contributed by atoms with van der Waals surface area (Å²) in [4.78, 5) is 8.79. The van der Waals surface area contributed by atoms with E-state index in [1.807, 2.05) is 31.2 Å². The molecule has 0 fully saturated rings. The van der Waals surface area contributed by atoms with Crippen molar-refractivity contribution < 1.29 is 9.94 Å². The minimum Gasteiger partial charge on any atom is -0.378 e. The Kier molecular flexibility index (Phi) is 3.86. The molecule has 2 N–H and O–H groups in total. The van der Waals surface area contributed by atoms with Crippen LogP contribution in [0.1, 0.15) is 11.4 Å². The highest BCUT2D eigenvalue weighted by Gasteiger charge is 2.09. The van der Waals surface area contributed by atoms with Crippen molar-refractivity contribution >= 4 is 5.69 Å². The van der Waals surface area contributed by atoms with Crippen LogP contribution in [0.15, 0.2) is 30.3 Å². The molecule has 0 aliphatic carbocycles. The molecule has 0 aliphatic rings. The number of anilines is 1. The molecule has 5 heteroatoms. The second-order valence-electron chi connectivity index (χ2n) is 3.91. The van der Waals surface area contributed by atoms with E-state index in [1.165, 1.54) is 0 Å². The molecule has 0 saturated carbocycles. The van der Waals surface area contributed by atoms with Crippen LogP contribution in [-0.4, -0.2) is 22.3 Å². The van der Waals surface area contributed by atoms with Crippen LogP contribution in [0.2, 0.25) is 0 Å². The average Bonchev–Trinajstić information content (AvgIpc) is 2.38. The number of nitrogens with zero attached hydrogens (tertiary/aromatic N) is 2. The van der Waals surface area contributed by atoms with Gasteiger partial charge in [-0.1, -0.05) is 12.1 Å². The molecule has 2 rings (SSSR count). The van der Waals surface area contributed by atoms with Gasteiger partial charge in [-0.2, -0.15) is 0 Å². The van der Waals surface area contributed by atoms with Crippen LogP contribution >= 0.6 is 0 Å². The molecule has 0 bridgehead atoms. The van der Waals surface area contributed by atoms with Gasteiger partial charge in [0.1, 0.15) is 0 Å². The molecule has 18 heavy (non-hydrogen) atoms. The van der Waals surface area contributed by atoms with Crippen LogP contribution < -0.4 is 5.48 Å². The van der Waals surface area contributed by atoms with Crippen LogP contribution in [0.3, 0.4) is 0 Å². The first kappa shape index (κ1) is 12.5. The van der Waals surface area contributed by atoms with Crippen molar-refractivity contribution in [3.63, 3.8) is 0 Å². The molecule has 1 aromatic carbocycles. The summed E-state index contributed by atoms with van der Waals surface area (Å²) in [5, 5.41) is 9.09. The van der Waals surface area contributed by atoms with Crippen molar-refractivity contribution in [1.29, 1.82) is 0 Å².